The largest absolute Gasteiger partial charge is 0.343 e. The van der Waals surface area contributed by atoms with Crippen molar-refractivity contribution in [3.8, 4) is 0 Å². The van der Waals surface area contributed by atoms with Crippen LogP contribution in [0.15, 0.2) is 33.0 Å². The molecule has 0 aliphatic rings. The standard InChI is InChI=1S/C17H24N6O3S2/c1-3-5-9-22-14-7-6-12(28(18,25)26)10-13(14)19-15(22)11-27-17-21-20-16(24)23(17)8-4-2/h6-7,10H,3-5,8-9,11H2,1-2H3,(H,20,24)(H2,18,25,26). The van der Waals surface area contributed by atoms with Crippen LogP contribution in [0.25, 0.3) is 11.0 Å². The summed E-state index contributed by atoms with van der Waals surface area (Å²) >= 11 is 1.43. The lowest BCUT2D eigenvalue weighted by Crippen LogP contribution is -2.17. The number of sulfonamides is 1. The van der Waals surface area contributed by atoms with E-state index in [0.717, 1.165) is 37.1 Å². The molecule has 11 heteroatoms. The lowest BCUT2D eigenvalue weighted by Gasteiger charge is -2.09. The molecule has 3 aromatic rings. The number of thioether (sulfide) groups is 1. The van der Waals surface area contributed by atoms with Crippen LogP contribution >= 0.6 is 11.8 Å². The zero-order chi connectivity index (χ0) is 20.3. The van der Waals surface area contributed by atoms with E-state index in [4.69, 9.17) is 5.14 Å². The molecule has 0 radical (unpaired) electrons. The monoisotopic (exact) mass is 424 g/mol. The van der Waals surface area contributed by atoms with Gasteiger partial charge in [-0.1, -0.05) is 32.0 Å². The molecule has 0 amide bonds. The van der Waals surface area contributed by atoms with E-state index < -0.39 is 10.0 Å². The van der Waals surface area contributed by atoms with Crippen LogP contribution in [-0.4, -0.2) is 32.7 Å². The lowest BCUT2D eigenvalue weighted by atomic mass is 10.3. The molecule has 0 bridgehead atoms. The maximum absolute atomic E-state index is 11.9. The smallest absolute Gasteiger partial charge is 0.327 e. The van der Waals surface area contributed by atoms with Crippen LogP contribution in [0.3, 0.4) is 0 Å². The highest BCUT2D eigenvalue weighted by atomic mass is 32.2. The van der Waals surface area contributed by atoms with Crippen molar-refractivity contribution >= 4 is 32.8 Å². The number of hydrogen-bond acceptors (Lipinski definition) is 6. The number of nitrogens with two attached hydrogens (primary N) is 1. The Morgan fingerprint density at radius 2 is 1.96 bits per heavy atom. The number of rotatable bonds is 9. The summed E-state index contributed by atoms with van der Waals surface area (Å²) in [5.74, 6) is 1.32. The fourth-order valence-electron chi connectivity index (χ4n) is 2.98. The Balaban J connectivity index is 1.95. The number of unbranched alkanes of at least 4 members (excludes halogenated alkanes) is 1. The first-order valence-electron chi connectivity index (χ1n) is 9.15. The first kappa shape index (κ1) is 20.6. The second-order valence-electron chi connectivity index (χ2n) is 6.48. The molecule has 0 aliphatic heterocycles. The first-order valence-corrected chi connectivity index (χ1v) is 11.7. The number of primary sulfonamides is 1. The summed E-state index contributed by atoms with van der Waals surface area (Å²) in [6.45, 7) is 5.49. The second-order valence-corrected chi connectivity index (χ2v) is 8.98. The zero-order valence-electron chi connectivity index (χ0n) is 15.9. The van der Waals surface area contributed by atoms with E-state index >= 15 is 0 Å². The molecular formula is C17H24N6O3S2. The molecule has 152 valence electrons. The molecule has 3 rings (SSSR count). The van der Waals surface area contributed by atoms with Crippen molar-refractivity contribution in [3.05, 3.63) is 34.5 Å². The van der Waals surface area contributed by atoms with Crippen LogP contribution in [0, 0.1) is 0 Å². The average Bonchev–Trinajstić information content (AvgIpc) is 3.17. The van der Waals surface area contributed by atoms with Crippen molar-refractivity contribution in [1.82, 2.24) is 24.3 Å². The number of aryl methyl sites for hydroxylation is 1. The number of hydrogen-bond donors (Lipinski definition) is 2. The maximum atomic E-state index is 11.9. The molecule has 0 saturated heterocycles. The minimum Gasteiger partial charge on any atom is -0.327 e. The number of nitrogens with zero attached hydrogens (tertiary/aromatic N) is 4. The zero-order valence-corrected chi connectivity index (χ0v) is 17.5. The minimum atomic E-state index is -3.79. The van der Waals surface area contributed by atoms with Crippen LogP contribution in [-0.2, 0) is 28.9 Å². The summed E-state index contributed by atoms with van der Waals surface area (Å²) in [5.41, 5.74) is 1.23. The summed E-state index contributed by atoms with van der Waals surface area (Å²) in [5, 5.41) is 12.4. The van der Waals surface area contributed by atoms with Crippen molar-refractivity contribution in [2.75, 3.05) is 0 Å². The average molecular weight is 425 g/mol. The summed E-state index contributed by atoms with van der Waals surface area (Å²) in [7, 11) is -3.79. The van der Waals surface area contributed by atoms with Gasteiger partial charge in [-0.2, -0.15) is 0 Å². The summed E-state index contributed by atoms with van der Waals surface area (Å²) in [6.07, 6.45) is 2.83. The Bertz CT molecular complexity index is 1130. The molecule has 1 aromatic carbocycles. The minimum absolute atomic E-state index is 0.0448. The summed E-state index contributed by atoms with van der Waals surface area (Å²) in [6, 6.07) is 4.75. The van der Waals surface area contributed by atoms with Gasteiger partial charge in [0.25, 0.3) is 0 Å². The van der Waals surface area contributed by atoms with Gasteiger partial charge < -0.3 is 4.57 Å². The van der Waals surface area contributed by atoms with Gasteiger partial charge >= 0.3 is 5.69 Å². The van der Waals surface area contributed by atoms with E-state index in [2.05, 4.69) is 26.7 Å². The molecule has 0 unspecified atom stereocenters. The second kappa shape index (κ2) is 8.50. The van der Waals surface area contributed by atoms with Crippen LogP contribution in [0.2, 0.25) is 0 Å². The van der Waals surface area contributed by atoms with Gasteiger partial charge in [-0.25, -0.2) is 28.4 Å². The van der Waals surface area contributed by atoms with Gasteiger partial charge in [0.1, 0.15) is 5.82 Å². The molecule has 0 saturated carbocycles. The molecule has 0 atom stereocenters. The normalized spacial score (nSPS) is 12.1. The van der Waals surface area contributed by atoms with Crippen molar-refractivity contribution in [2.24, 2.45) is 5.14 Å². The summed E-state index contributed by atoms with van der Waals surface area (Å²) in [4.78, 5) is 16.5. The van der Waals surface area contributed by atoms with Crippen LogP contribution < -0.4 is 10.8 Å². The highest BCUT2D eigenvalue weighted by molar-refractivity contribution is 7.98. The van der Waals surface area contributed by atoms with E-state index in [1.165, 1.54) is 23.9 Å². The van der Waals surface area contributed by atoms with E-state index in [1.54, 1.807) is 10.6 Å². The van der Waals surface area contributed by atoms with Gasteiger partial charge in [-0.05, 0) is 31.0 Å². The number of fused-ring (bicyclic) bond motifs is 1. The Hall–Kier alpha value is -2.11. The lowest BCUT2D eigenvalue weighted by molar-refractivity contribution is 0.598. The van der Waals surface area contributed by atoms with Gasteiger partial charge in [-0.15, -0.1) is 5.10 Å². The Labute approximate surface area is 167 Å². The molecule has 28 heavy (non-hydrogen) atoms. The molecular weight excluding hydrogens is 400 g/mol. The third-order valence-corrected chi connectivity index (χ3v) is 6.25. The van der Waals surface area contributed by atoms with E-state index in [0.29, 0.717) is 23.0 Å². The van der Waals surface area contributed by atoms with E-state index in [9.17, 15) is 13.2 Å². The van der Waals surface area contributed by atoms with Gasteiger partial charge in [0, 0.05) is 13.1 Å². The van der Waals surface area contributed by atoms with Gasteiger partial charge in [0.15, 0.2) is 5.16 Å². The Morgan fingerprint density at radius 3 is 2.64 bits per heavy atom. The quantitative estimate of drug-likeness (QED) is 0.506. The number of nitrogens with one attached hydrogen (secondary N) is 1. The number of H-pyrrole nitrogens is 1. The number of aromatic amines is 1. The van der Waals surface area contributed by atoms with Gasteiger partial charge in [-0.3, -0.25) is 4.57 Å². The van der Waals surface area contributed by atoms with Crippen molar-refractivity contribution in [3.63, 3.8) is 0 Å². The van der Waals surface area contributed by atoms with Crippen molar-refractivity contribution in [2.45, 2.75) is 62.0 Å². The van der Waals surface area contributed by atoms with E-state index in [1.807, 2.05) is 6.92 Å². The predicted molar refractivity (Wildman–Crippen MR) is 109 cm³/mol. The van der Waals surface area contributed by atoms with Crippen LogP contribution in [0.4, 0.5) is 0 Å². The number of benzene rings is 1. The molecule has 0 spiro atoms. The SMILES string of the molecule is CCCCn1c(CSc2n[nH]c(=O)n2CCC)nc2cc(S(N)(=O)=O)ccc21. The Kier molecular flexibility index (Phi) is 6.26. The molecule has 3 N–H and O–H groups in total. The van der Waals surface area contributed by atoms with Crippen LogP contribution in [0.5, 0.6) is 0 Å². The molecule has 0 fully saturated rings. The molecule has 9 nitrogen and oxygen atoms in total. The summed E-state index contributed by atoms with van der Waals surface area (Å²) < 4.78 is 27.0. The maximum Gasteiger partial charge on any atom is 0.343 e. The molecule has 0 aliphatic carbocycles. The fourth-order valence-corrected chi connectivity index (χ4v) is 4.43. The third-order valence-electron chi connectivity index (χ3n) is 4.36. The predicted octanol–water partition coefficient (Wildman–Crippen LogP) is 2.07. The third kappa shape index (κ3) is 4.31. The molecule has 2 aromatic heterocycles. The molecule has 2 heterocycles. The highest BCUT2D eigenvalue weighted by Gasteiger charge is 2.16. The Morgan fingerprint density at radius 1 is 1.18 bits per heavy atom. The topological polar surface area (TPSA) is 129 Å². The van der Waals surface area contributed by atoms with Gasteiger partial charge in [0.05, 0.1) is 21.7 Å². The van der Waals surface area contributed by atoms with Crippen molar-refractivity contribution < 1.29 is 8.42 Å². The number of aromatic nitrogens is 5. The fraction of sp³-hybridized carbons (Fsp3) is 0.471. The van der Waals surface area contributed by atoms with Gasteiger partial charge in [0.2, 0.25) is 10.0 Å². The number of imidazole rings is 1. The van der Waals surface area contributed by atoms with Crippen LogP contribution in [0.1, 0.15) is 38.9 Å². The van der Waals surface area contributed by atoms with Crippen molar-refractivity contribution in [1.29, 1.82) is 0 Å². The first-order chi connectivity index (χ1) is 13.3. The highest BCUT2D eigenvalue weighted by Crippen LogP contribution is 2.25. The van der Waals surface area contributed by atoms with E-state index in [-0.39, 0.29) is 10.6 Å².